The normalized spacial score (nSPS) is 15.7. The van der Waals surface area contributed by atoms with Gasteiger partial charge in [-0.25, -0.2) is 0 Å². The first-order valence-corrected chi connectivity index (χ1v) is 10.2. The van der Waals surface area contributed by atoms with Crippen LogP contribution < -0.4 is 10.9 Å². The Bertz CT molecular complexity index is 902. The fraction of sp³-hybridized carbons (Fsp3) is 0.350. The average Bonchev–Trinajstić information content (AvgIpc) is 3.20. The minimum absolute atomic E-state index is 0.164. The summed E-state index contributed by atoms with van der Waals surface area (Å²) in [5.74, 6) is 0.469. The third-order valence-electron chi connectivity index (χ3n) is 4.86. The van der Waals surface area contributed by atoms with Crippen LogP contribution in [0.4, 0.5) is 5.95 Å². The molecule has 0 amide bonds. The number of rotatable bonds is 6. The molecule has 1 aromatic carbocycles. The van der Waals surface area contributed by atoms with Gasteiger partial charge in [-0.2, -0.15) is 0 Å². The first-order chi connectivity index (χ1) is 13.3. The van der Waals surface area contributed by atoms with Crippen LogP contribution in [0.15, 0.2) is 52.6 Å². The first kappa shape index (κ1) is 17.9. The molecule has 2 N–H and O–H groups in total. The molecule has 0 atom stereocenters. The maximum Gasteiger partial charge on any atom is 0.274 e. The quantitative estimate of drug-likeness (QED) is 0.687. The van der Waals surface area contributed by atoms with Gasteiger partial charge in [0.15, 0.2) is 0 Å². The van der Waals surface area contributed by atoms with Gasteiger partial charge in [0, 0.05) is 37.0 Å². The molecular weight excluding hydrogens is 358 g/mol. The Hall–Kier alpha value is -2.51. The molecular formula is C20H23N5OS. The van der Waals surface area contributed by atoms with Crippen molar-refractivity contribution in [3.05, 3.63) is 74.3 Å². The molecule has 6 nitrogen and oxygen atoms in total. The van der Waals surface area contributed by atoms with E-state index in [1.807, 2.05) is 23.6 Å². The summed E-state index contributed by atoms with van der Waals surface area (Å²) >= 11 is 1.62. The fourth-order valence-corrected chi connectivity index (χ4v) is 4.10. The van der Waals surface area contributed by atoms with E-state index in [-0.39, 0.29) is 5.56 Å². The Morgan fingerprint density at radius 1 is 1.11 bits per heavy atom. The van der Waals surface area contributed by atoms with E-state index in [2.05, 4.69) is 49.7 Å². The van der Waals surface area contributed by atoms with E-state index in [1.54, 1.807) is 11.3 Å². The molecule has 0 radical (unpaired) electrons. The van der Waals surface area contributed by atoms with Gasteiger partial charge in [-0.3, -0.25) is 14.7 Å². The number of nitrogens with one attached hydrogen (secondary N) is 2. The number of nitrogens with zero attached hydrogens (tertiary/aromatic N) is 3. The van der Waals surface area contributed by atoms with Crippen molar-refractivity contribution in [3.63, 3.8) is 0 Å². The van der Waals surface area contributed by atoms with Gasteiger partial charge in [-0.05, 0) is 29.9 Å². The van der Waals surface area contributed by atoms with Crippen molar-refractivity contribution in [3.8, 4) is 0 Å². The molecule has 7 heteroatoms. The zero-order chi connectivity index (χ0) is 18.5. The highest BCUT2D eigenvalue weighted by Crippen LogP contribution is 2.16. The van der Waals surface area contributed by atoms with Gasteiger partial charge in [0.2, 0.25) is 5.95 Å². The summed E-state index contributed by atoms with van der Waals surface area (Å²) in [6, 6.07) is 14.8. The number of thiophene rings is 1. The largest absolute Gasteiger partial charge is 0.352 e. The average molecular weight is 382 g/mol. The second-order valence-electron chi connectivity index (χ2n) is 6.89. The number of likely N-dealkylation sites (tertiary alicyclic amines) is 1. The van der Waals surface area contributed by atoms with Crippen LogP contribution in [0.1, 0.15) is 29.0 Å². The smallest absolute Gasteiger partial charge is 0.274 e. The lowest BCUT2D eigenvalue weighted by atomic mass is 10.0. The molecule has 0 aliphatic carbocycles. The number of aromatic nitrogens is 3. The Kier molecular flexibility index (Phi) is 5.60. The van der Waals surface area contributed by atoms with Crippen LogP contribution in [-0.4, -0.2) is 39.2 Å². The van der Waals surface area contributed by atoms with E-state index < -0.39 is 0 Å². The highest BCUT2D eigenvalue weighted by atomic mass is 32.1. The predicted molar refractivity (Wildman–Crippen MR) is 108 cm³/mol. The second kappa shape index (κ2) is 8.45. The lowest BCUT2D eigenvalue weighted by molar-refractivity contribution is 0.211. The molecule has 1 saturated heterocycles. The SMILES string of the molecule is O=c1[nH]c(NC2CCN(Cc3ccccc3)CC2)nnc1Cc1cccs1. The van der Waals surface area contributed by atoms with E-state index in [9.17, 15) is 4.79 Å². The van der Waals surface area contributed by atoms with Crippen molar-refractivity contribution in [2.45, 2.75) is 31.8 Å². The zero-order valence-corrected chi connectivity index (χ0v) is 15.9. The van der Waals surface area contributed by atoms with Crippen LogP contribution in [0.5, 0.6) is 0 Å². The molecule has 3 aromatic rings. The lowest BCUT2D eigenvalue weighted by Gasteiger charge is -2.32. The van der Waals surface area contributed by atoms with Crippen LogP contribution in [-0.2, 0) is 13.0 Å². The fourth-order valence-electron chi connectivity index (χ4n) is 3.39. The van der Waals surface area contributed by atoms with Crippen LogP contribution in [0.2, 0.25) is 0 Å². The molecule has 27 heavy (non-hydrogen) atoms. The number of aromatic amines is 1. The van der Waals surface area contributed by atoms with Crippen LogP contribution in [0, 0.1) is 0 Å². The molecule has 4 rings (SSSR count). The Labute approximate surface area is 162 Å². The van der Waals surface area contributed by atoms with Crippen molar-refractivity contribution in [1.29, 1.82) is 0 Å². The van der Waals surface area contributed by atoms with E-state index in [0.717, 1.165) is 37.4 Å². The van der Waals surface area contributed by atoms with E-state index in [0.29, 0.717) is 24.1 Å². The van der Waals surface area contributed by atoms with E-state index in [1.165, 1.54) is 5.56 Å². The van der Waals surface area contributed by atoms with Gasteiger partial charge in [0.25, 0.3) is 5.56 Å². The van der Waals surface area contributed by atoms with Crippen molar-refractivity contribution < 1.29 is 0 Å². The summed E-state index contributed by atoms with van der Waals surface area (Å²) in [7, 11) is 0. The molecule has 0 saturated carbocycles. The Balaban J connectivity index is 1.30. The number of piperidine rings is 1. The molecule has 1 fully saturated rings. The maximum absolute atomic E-state index is 12.3. The molecule has 0 spiro atoms. The molecule has 1 aliphatic rings. The number of anilines is 1. The summed E-state index contributed by atoms with van der Waals surface area (Å²) in [4.78, 5) is 18.7. The third kappa shape index (κ3) is 4.81. The number of hydrogen-bond donors (Lipinski definition) is 2. The highest BCUT2D eigenvalue weighted by molar-refractivity contribution is 7.09. The Morgan fingerprint density at radius 3 is 2.63 bits per heavy atom. The highest BCUT2D eigenvalue weighted by Gasteiger charge is 2.20. The van der Waals surface area contributed by atoms with Crippen molar-refractivity contribution in [2.24, 2.45) is 0 Å². The van der Waals surface area contributed by atoms with Gasteiger partial charge in [0.1, 0.15) is 5.69 Å². The third-order valence-corrected chi connectivity index (χ3v) is 5.74. The number of H-pyrrole nitrogens is 1. The van der Waals surface area contributed by atoms with Crippen LogP contribution >= 0.6 is 11.3 Å². The summed E-state index contributed by atoms with van der Waals surface area (Å²) in [6.45, 7) is 3.04. The summed E-state index contributed by atoms with van der Waals surface area (Å²) in [6.07, 6.45) is 2.57. The van der Waals surface area contributed by atoms with Crippen molar-refractivity contribution >= 4 is 17.3 Å². The zero-order valence-electron chi connectivity index (χ0n) is 15.1. The van der Waals surface area contributed by atoms with Crippen LogP contribution in [0.25, 0.3) is 0 Å². The number of benzene rings is 1. The second-order valence-corrected chi connectivity index (χ2v) is 7.92. The standard InChI is InChI=1S/C20H23N5OS/c26-19-18(13-17-7-4-12-27-17)23-24-20(22-19)21-16-8-10-25(11-9-16)14-15-5-2-1-3-6-15/h1-7,12,16H,8-11,13-14H2,(H2,21,22,24,26). The van der Waals surface area contributed by atoms with Gasteiger partial charge >= 0.3 is 0 Å². The summed E-state index contributed by atoms with van der Waals surface area (Å²) in [5, 5.41) is 13.6. The molecule has 2 aromatic heterocycles. The van der Waals surface area contributed by atoms with Gasteiger partial charge in [-0.15, -0.1) is 21.5 Å². The molecule has 1 aliphatic heterocycles. The van der Waals surface area contributed by atoms with Crippen LogP contribution in [0.3, 0.4) is 0 Å². The first-order valence-electron chi connectivity index (χ1n) is 9.27. The minimum Gasteiger partial charge on any atom is -0.352 e. The number of hydrogen-bond acceptors (Lipinski definition) is 6. The van der Waals surface area contributed by atoms with Gasteiger partial charge in [0.05, 0.1) is 0 Å². The summed E-state index contributed by atoms with van der Waals surface area (Å²) in [5.41, 5.74) is 1.64. The molecule has 0 unspecified atom stereocenters. The molecule has 3 heterocycles. The van der Waals surface area contributed by atoms with Gasteiger partial charge < -0.3 is 5.32 Å². The van der Waals surface area contributed by atoms with E-state index >= 15 is 0 Å². The topological polar surface area (TPSA) is 73.9 Å². The minimum atomic E-state index is -0.164. The van der Waals surface area contributed by atoms with Crippen molar-refractivity contribution in [2.75, 3.05) is 18.4 Å². The molecule has 0 bridgehead atoms. The Morgan fingerprint density at radius 2 is 1.93 bits per heavy atom. The lowest BCUT2D eigenvalue weighted by Crippen LogP contribution is -2.39. The predicted octanol–water partition coefficient (Wildman–Crippen LogP) is 2.89. The van der Waals surface area contributed by atoms with E-state index in [4.69, 9.17) is 0 Å². The monoisotopic (exact) mass is 381 g/mol. The molecule has 140 valence electrons. The summed E-state index contributed by atoms with van der Waals surface area (Å²) < 4.78 is 0. The maximum atomic E-state index is 12.3. The van der Waals surface area contributed by atoms with Gasteiger partial charge in [-0.1, -0.05) is 36.4 Å². The van der Waals surface area contributed by atoms with Crippen molar-refractivity contribution in [1.82, 2.24) is 20.1 Å².